The van der Waals surface area contributed by atoms with Gasteiger partial charge in [-0.1, -0.05) is 11.6 Å². The first-order valence-electron chi connectivity index (χ1n) is 3.13. The van der Waals surface area contributed by atoms with Gasteiger partial charge in [-0.2, -0.15) is 0 Å². The summed E-state index contributed by atoms with van der Waals surface area (Å²) < 4.78 is 0. The number of benzene rings is 1. The van der Waals surface area contributed by atoms with Gasteiger partial charge >= 0.3 is 5.97 Å². The molecule has 62 valence electrons. The van der Waals surface area contributed by atoms with E-state index in [1.807, 2.05) is 0 Å². The van der Waals surface area contributed by atoms with Crippen LogP contribution in [0.5, 0.6) is 0 Å². The van der Waals surface area contributed by atoms with Crippen LogP contribution in [0.15, 0.2) is 18.2 Å². The number of aldehydes is 1. The van der Waals surface area contributed by atoms with Gasteiger partial charge in [-0.25, -0.2) is 4.79 Å². The molecule has 1 N–H and O–H groups in total. The maximum Gasteiger partial charge on any atom is 0.336 e. The molecule has 0 bridgehead atoms. The SMILES string of the molecule is O=Cc1cc(Cl)ccc1C(=O)O. The van der Waals surface area contributed by atoms with Gasteiger partial charge in [-0.3, -0.25) is 4.79 Å². The molecule has 0 atom stereocenters. The van der Waals surface area contributed by atoms with Crippen LogP contribution in [-0.4, -0.2) is 17.4 Å². The Morgan fingerprint density at radius 2 is 2.17 bits per heavy atom. The van der Waals surface area contributed by atoms with Gasteiger partial charge in [0.2, 0.25) is 0 Å². The summed E-state index contributed by atoms with van der Waals surface area (Å²) in [4.78, 5) is 20.9. The molecule has 0 aliphatic carbocycles. The molecule has 0 aliphatic heterocycles. The molecular formula is C8H5ClO3. The smallest absolute Gasteiger partial charge is 0.336 e. The van der Waals surface area contributed by atoms with E-state index in [0.717, 1.165) is 0 Å². The number of carbonyl (C=O) groups is 2. The van der Waals surface area contributed by atoms with Crippen molar-refractivity contribution >= 4 is 23.9 Å². The first-order chi connectivity index (χ1) is 5.65. The number of carboxylic acids is 1. The van der Waals surface area contributed by atoms with Crippen LogP contribution in [0.3, 0.4) is 0 Å². The van der Waals surface area contributed by atoms with Gasteiger partial charge in [0.25, 0.3) is 0 Å². The number of aromatic carboxylic acids is 1. The van der Waals surface area contributed by atoms with Crippen molar-refractivity contribution in [3.63, 3.8) is 0 Å². The molecule has 0 radical (unpaired) electrons. The van der Waals surface area contributed by atoms with Crippen LogP contribution in [0.1, 0.15) is 20.7 Å². The first kappa shape index (κ1) is 8.74. The van der Waals surface area contributed by atoms with Gasteiger partial charge in [-0.05, 0) is 18.2 Å². The lowest BCUT2D eigenvalue weighted by atomic mass is 10.1. The minimum absolute atomic E-state index is 0.0330. The Labute approximate surface area is 73.6 Å². The molecule has 0 aromatic heterocycles. The number of carbonyl (C=O) groups excluding carboxylic acids is 1. The summed E-state index contributed by atoms with van der Waals surface area (Å²) in [7, 11) is 0. The minimum atomic E-state index is -1.13. The molecule has 0 spiro atoms. The molecule has 0 fully saturated rings. The summed E-state index contributed by atoms with van der Waals surface area (Å²) >= 11 is 5.55. The fraction of sp³-hybridized carbons (Fsp3) is 0. The Morgan fingerprint density at radius 1 is 1.50 bits per heavy atom. The molecule has 0 amide bonds. The fourth-order valence-electron chi connectivity index (χ4n) is 0.826. The molecule has 1 aromatic carbocycles. The third kappa shape index (κ3) is 1.62. The highest BCUT2D eigenvalue weighted by atomic mass is 35.5. The van der Waals surface area contributed by atoms with Gasteiger partial charge in [0.15, 0.2) is 6.29 Å². The van der Waals surface area contributed by atoms with E-state index in [4.69, 9.17) is 16.7 Å². The number of rotatable bonds is 2. The Bertz CT molecular complexity index is 333. The van der Waals surface area contributed by atoms with E-state index in [1.54, 1.807) is 0 Å². The summed E-state index contributed by atoms with van der Waals surface area (Å²) in [5, 5.41) is 8.93. The van der Waals surface area contributed by atoms with Crippen molar-refractivity contribution < 1.29 is 14.7 Å². The van der Waals surface area contributed by atoms with Crippen LogP contribution in [0.4, 0.5) is 0 Å². The van der Waals surface area contributed by atoms with Crippen molar-refractivity contribution in [2.45, 2.75) is 0 Å². The van der Waals surface area contributed by atoms with E-state index < -0.39 is 5.97 Å². The second kappa shape index (κ2) is 3.36. The zero-order chi connectivity index (χ0) is 9.14. The topological polar surface area (TPSA) is 54.4 Å². The van der Waals surface area contributed by atoms with E-state index in [9.17, 15) is 9.59 Å². The fourth-order valence-corrected chi connectivity index (χ4v) is 1.01. The zero-order valence-corrected chi connectivity index (χ0v) is 6.71. The van der Waals surface area contributed by atoms with Gasteiger partial charge in [0, 0.05) is 10.6 Å². The third-order valence-corrected chi connectivity index (χ3v) is 1.61. The van der Waals surface area contributed by atoms with Gasteiger partial charge in [0.05, 0.1) is 5.56 Å². The van der Waals surface area contributed by atoms with Gasteiger partial charge < -0.3 is 5.11 Å². The molecule has 0 heterocycles. The third-order valence-electron chi connectivity index (χ3n) is 1.37. The maximum atomic E-state index is 10.5. The van der Waals surface area contributed by atoms with Crippen LogP contribution < -0.4 is 0 Å². The van der Waals surface area contributed by atoms with Crippen molar-refractivity contribution in [3.05, 3.63) is 34.3 Å². The molecule has 0 saturated heterocycles. The number of hydrogen-bond acceptors (Lipinski definition) is 2. The van der Waals surface area contributed by atoms with E-state index >= 15 is 0 Å². The minimum Gasteiger partial charge on any atom is -0.478 e. The average Bonchev–Trinajstić information content (AvgIpc) is 2.03. The van der Waals surface area contributed by atoms with Crippen LogP contribution >= 0.6 is 11.6 Å². The highest BCUT2D eigenvalue weighted by Crippen LogP contribution is 2.14. The normalized spacial score (nSPS) is 9.42. The molecule has 12 heavy (non-hydrogen) atoms. The average molecular weight is 185 g/mol. The van der Waals surface area contributed by atoms with Crippen molar-refractivity contribution in [1.82, 2.24) is 0 Å². The Hall–Kier alpha value is -1.35. The monoisotopic (exact) mass is 184 g/mol. The number of hydrogen-bond donors (Lipinski definition) is 1. The van der Waals surface area contributed by atoms with Gasteiger partial charge in [-0.15, -0.1) is 0 Å². The highest BCUT2D eigenvalue weighted by Gasteiger charge is 2.08. The summed E-state index contributed by atoms with van der Waals surface area (Å²) in [6.07, 6.45) is 0.468. The zero-order valence-electron chi connectivity index (χ0n) is 5.95. The number of halogens is 1. The summed E-state index contributed by atoms with van der Waals surface area (Å²) in [6.45, 7) is 0. The van der Waals surface area contributed by atoms with E-state index in [0.29, 0.717) is 11.3 Å². The standard InChI is InChI=1S/C8H5ClO3/c9-6-1-2-7(8(11)12)5(3-6)4-10/h1-4H,(H,11,12). The Balaban J connectivity index is 3.29. The molecule has 0 aliphatic rings. The van der Waals surface area contributed by atoms with E-state index in [2.05, 4.69) is 0 Å². The molecule has 0 unspecified atom stereocenters. The Morgan fingerprint density at radius 3 is 2.67 bits per heavy atom. The molecular weight excluding hydrogens is 180 g/mol. The predicted molar refractivity (Wildman–Crippen MR) is 43.8 cm³/mol. The largest absolute Gasteiger partial charge is 0.478 e. The molecule has 3 nitrogen and oxygen atoms in total. The second-order valence-electron chi connectivity index (χ2n) is 2.15. The molecule has 4 heteroatoms. The highest BCUT2D eigenvalue weighted by molar-refractivity contribution is 6.31. The second-order valence-corrected chi connectivity index (χ2v) is 2.59. The molecule has 1 rings (SSSR count). The quantitative estimate of drug-likeness (QED) is 0.714. The lowest BCUT2D eigenvalue weighted by molar-refractivity contribution is 0.0694. The Kier molecular flexibility index (Phi) is 2.45. The lowest BCUT2D eigenvalue weighted by Crippen LogP contribution is -2.00. The van der Waals surface area contributed by atoms with Crippen LogP contribution in [0.2, 0.25) is 5.02 Å². The van der Waals surface area contributed by atoms with Gasteiger partial charge in [0.1, 0.15) is 0 Å². The molecule has 1 aromatic rings. The van der Waals surface area contributed by atoms with Crippen LogP contribution in [-0.2, 0) is 0 Å². The number of carboxylic acid groups (broad SMARTS) is 1. The van der Waals surface area contributed by atoms with Crippen molar-refractivity contribution in [3.8, 4) is 0 Å². The lowest BCUT2D eigenvalue weighted by Gasteiger charge is -1.98. The van der Waals surface area contributed by atoms with Crippen LogP contribution in [0.25, 0.3) is 0 Å². The maximum absolute atomic E-state index is 10.5. The summed E-state index contributed by atoms with van der Waals surface area (Å²) in [5.41, 5.74) is 0.0596. The summed E-state index contributed by atoms with van der Waals surface area (Å²) in [5.74, 6) is -1.13. The van der Waals surface area contributed by atoms with Crippen LogP contribution in [0, 0.1) is 0 Å². The molecule has 0 saturated carbocycles. The van der Waals surface area contributed by atoms with Crippen molar-refractivity contribution in [1.29, 1.82) is 0 Å². The van der Waals surface area contributed by atoms with Crippen molar-refractivity contribution in [2.75, 3.05) is 0 Å². The van der Waals surface area contributed by atoms with Crippen molar-refractivity contribution in [2.24, 2.45) is 0 Å². The van der Waals surface area contributed by atoms with E-state index in [1.165, 1.54) is 18.2 Å². The predicted octanol–water partition coefficient (Wildman–Crippen LogP) is 1.85. The van der Waals surface area contributed by atoms with E-state index in [-0.39, 0.29) is 11.1 Å². The first-order valence-corrected chi connectivity index (χ1v) is 3.51. The summed E-state index contributed by atoms with van der Waals surface area (Å²) in [6, 6.07) is 4.05.